The second-order valence-corrected chi connectivity index (χ2v) is 10.5. The fourth-order valence-corrected chi connectivity index (χ4v) is 4.75. The number of hydrogen-bond acceptors (Lipinski definition) is 3. The summed E-state index contributed by atoms with van der Waals surface area (Å²) in [5, 5.41) is 0. The van der Waals surface area contributed by atoms with Gasteiger partial charge in [-0.05, 0) is 49.3 Å². The van der Waals surface area contributed by atoms with Crippen molar-refractivity contribution >= 4 is 0 Å². The fraction of sp³-hybridized carbons (Fsp3) is 0.529. The Balaban J connectivity index is 1.27. The maximum absolute atomic E-state index is 5.97. The van der Waals surface area contributed by atoms with Gasteiger partial charge < -0.3 is 4.74 Å². The Hall–Kier alpha value is -2.52. The van der Waals surface area contributed by atoms with Crippen LogP contribution in [0.4, 0.5) is 0 Å². The topological polar surface area (TPSA) is 35.0 Å². The zero-order valence-corrected chi connectivity index (χ0v) is 23.3. The molecule has 3 heteroatoms. The third-order valence-corrected chi connectivity index (χ3v) is 7.20. The number of benzene rings is 2. The first kappa shape index (κ1) is 29.0. The second-order valence-electron chi connectivity index (χ2n) is 10.5. The minimum atomic E-state index is 0.294. The Kier molecular flexibility index (Phi) is 14.0. The van der Waals surface area contributed by atoms with Gasteiger partial charge in [-0.1, -0.05) is 119 Å². The van der Waals surface area contributed by atoms with Crippen LogP contribution in [0.15, 0.2) is 67.0 Å². The number of nitrogens with zero attached hydrogens (tertiary/aromatic N) is 2. The van der Waals surface area contributed by atoms with Crippen LogP contribution in [0.2, 0.25) is 0 Å². The number of aryl methyl sites for hydroxylation is 2. The van der Waals surface area contributed by atoms with E-state index in [-0.39, 0.29) is 0 Å². The zero-order valence-electron chi connectivity index (χ0n) is 23.3. The van der Waals surface area contributed by atoms with Gasteiger partial charge in [0.1, 0.15) is 5.82 Å². The van der Waals surface area contributed by atoms with E-state index in [2.05, 4.69) is 72.3 Å². The molecule has 0 N–H and O–H groups in total. The predicted molar refractivity (Wildman–Crippen MR) is 157 cm³/mol. The molecular weight excluding hydrogens is 452 g/mol. The van der Waals surface area contributed by atoms with Crippen molar-refractivity contribution in [1.82, 2.24) is 9.97 Å². The van der Waals surface area contributed by atoms with Crippen LogP contribution in [-0.2, 0) is 24.2 Å². The minimum Gasteiger partial charge on any atom is -0.374 e. The largest absolute Gasteiger partial charge is 0.374 e. The highest BCUT2D eigenvalue weighted by Crippen LogP contribution is 2.20. The molecule has 0 amide bonds. The summed E-state index contributed by atoms with van der Waals surface area (Å²) >= 11 is 0. The van der Waals surface area contributed by atoms with Crippen LogP contribution < -0.4 is 0 Å². The van der Waals surface area contributed by atoms with Crippen molar-refractivity contribution < 1.29 is 4.74 Å². The Morgan fingerprint density at radius 1 is 0.622 bits per heavy atom. The van der Waals surface area contributed by atoms with Crippen molar-refractivity contribution in [2.24, 2.45) is 0 Å². The Labute approximate surface area is 226 Å². The summed E-state index contributed by atoms with van der Waals surface area (Å²) in [7, 11) is 0. The Bertz CT molecular complexity index is 953. The average Bonchev–Trinajstić information content (AvgIpc) is 2.94. The first-order chi connectivity index (χ1) is 18.2. The van der Waals surface area contributed by atoms with Gasteiger partial charge in [0.25, 0.3) is 0 Å². The van der Waals surface area contributed by atoms with E-state index in [9.17, 15) is 0 Å². The monoisotopic (exact) mass is 500 g/mol. The van der Waals surface area contributed by atoms with Crippen LogP contribution in [0, 0.1) is 0 Å². The standard InChI is InChI=1S/C34H48N2O/c1-3-4-5-6-7-8-9-13-18-30-22-24-32(25-23-30)33-26-35-34(36-27-33)21-16-10-12-17-29(2)37-28-31-19-14-11-15-20-31/h11,14-15,19-20,22-27,29H,3-10,12-13,16-18,21,28H2,1-2H3. The van der Waals surface area contributed by atoms with Gasteiger partial charge in [-0.3, -0.25) is 0 Å². The van der Waals surface area contributed by atoms with Gasteiger partial charge in [0, 0.05) is 24.4 Å². The summed E-state index contributed by atoms with van der Waals surface area (Å²) in [4.78, 5) is 9.27. The van der Waals surface area contributed by atoms with Crippen LogP contribution in [0.1, 0.15) is 108 Å². The van der Waals surface area contributed by atoms with Crippen LogP contribution in [0.3, 0.4) is 0 Å². The van der Waals surface area contributed by atoms with Crippen molar-refractivity contribution in [3.05, 3.63) is 83.9 Å². The quantitative estimate of drug-likeness (QED) is 0.154. The highest BCUT2D eigenvalue weighted by Gasteiger charge is 2.05. The summed E-state index contributed by atoms with van der Waals surface area (Å²) in [6.45, 7) is 5.15. The SMILES string of the molecule is CCCCCCCCCCc1ccc(-c2cnc(CCCCCC(C)OCc3ccccc3)nc2)cc1. The molecule has 0 aliphatic rings. The van der Waals surface area contributed by atoms with E-state index in [0.29, 0.717) is 12.7 Å². The van der Waals surface area contributed by atoms with E-state index in [4.69, 9.17) is 4.74 Å². The summed E-state index contributed by atoms with van der Waals surface area (Å²) in [5.74, 6) is 0.948. The van der Waals surface area contributed by atoms with Gasteiger partial charge in [-0.15, -0.1) is 0 Å². The highest BCUT2D eigenvalue weighted by atomic mass is 16.5. The van der Waals surface area contributed by atoms with E-state index < -0.39 is 0 Å². The molecule has 3 nitrogen and oxygen atoms in total. The lowest BCUT2D eigenvalue weighted by Gasteiger charge is -2.13. The van der Waals surface area contributed by atoms with Crippen molar-refractivity contribution in [2.75, 3.05) is 0 Å². The van der Waals surface area contributed by atoms with Gasteiger partial charge in [-0.25, -0.2) is 9.97 Å². The van der Waals surface area contributed by atoms with Gasteiger partial charge in [0.15, 0.2) is 0 Å². The van der Waals surface area contributed by atoms with Gasteiger partial charge in [-0.2, -0.15) is 0 Å². The molecule has 1 heterocycles. The van der Waals surface area contributed by atoms with Crippen LogP contribution in [0.5, 0.6) is 0 Å². The maximum Gasteiger partial charge on any atom is 0.128 e. The molecule has 1 atom stereocenters. The van der Waals surface area contributed by atoms with E-state index in [1.54, 1.807) is 0 Å². The lowest BCUT2D eigenvalue weighted by atomic mass is 10.0. The van der Waals surface area contributed by atoms with E-state index in [0.717, 1.165) is 30.7 Å². The van der Waals surface area contributed by atoms with Crippen molar-refractivity contribution in [3.63, 3.8) is 0 Å². The van der Waals surface area contributed by atoms with E-state index >= 15 is 0 Å². The zero-order chi connectivity index (χ0) is 26.0. The highest BCUT2D eigenvalue weighted by molar-refractivity contribution is 5.61. The number of ether oxygens (including phenoxy) is 1. The van der Waals surface area contributed by atoms with Gasteiger partial charge in [0.05, 0.1) is 12.7 Å². The minimum absolute atomic E-state index is 0.294. The van der Waals surface area contributed by atoms with Crippen LogP contribution in [-0.4, -0.2) is 16.1 Å². The predicted octanol–water partition coefficient (Wildman–Crippen LogP) is 9.54. The molecule has 0 fully saturated rings. The molecule has 2 aromatic carbocycles. The first-order valence-corrected chi connectivity index (χ1v) is 14.8. The van der Waals surface area contributed by atoms with Crippen molar-refractivity contribution in [1.29, 1.82) is 0 Å². The molecule has 37 heavy (non-hydrogen) atoms. The third kappa shape index (κ3) is 12.0. The third-order valence-electron chi connectivity index (χ3n) is 7.20. The maximum atomic E-state index is 5.97. The Morgan fingerprint density at radius 2 is 1.24 bits per heavy atom. The molecule has 0 saturated heterocycles. The van der Waals surface area contributed by atoms with Gasteiger partial charge >= 0.3 is 0 Å². The normalized spacial score (nSPS) is 12.1. The Morgan fingerprint density at radius 3 is 1.95 bits per heavy atom. The summed E-state index contributed by atoms with van der Waals surface area (Å²) < 4.78 is 5.97. The van der Waals surface area contributed by atoms with Crippen LogP contribution in [0.25, 0.3) is 11.1 Å². The summed E-state index contributed by atoms with van der Waals surface area (Å²) in [6.07, 6.45) is 21.9. The second kappa shape index (κ2) is 17.9. The first-order valence-electron chi connectivity index (χ1n) is 14.8. The van der Waals surface area contributed by atoms with E-state index in [1.807, 2.05) is 18.5 Å². The molecule has 0 saturated carbocycles. The van der Waals surface area contributed by atoms with Crippen molar-refractivity contribution in [3.8, 4) is 11.1 Å². The molecule has 0 aliphatic carbocycles. The molecule has 200 valence electrons. The lowest BCUT2D eigenvalue weighted by molar-refractivity contribution is 0.0459. The summed E-state index contributed by atoms with van der Waals surface area (Å²) in [5.41, 5.74) is 4.99. The molecule has 0 bridgehead atoms. The number of rotatable bonds is 19. The van der Waals surface area contributed by atoms with Crippen LogP contribution >= 0.6 is 0 Å². The molecular formula is C34H48N2O. The molecule has 0 radical (unpaired) electrons. The molecule has 1 aromatic heterocycles. The number of aromatic nitrogens is 2. The summed E-state index contributed by atoms with van der Waals surface area (Å²) in [6, 6.07) is 19.4. The number of hydrogen-bond donors (Lipinski definition) is 0. The van der Waals surface area contributed by atoms with Gasteiger partial charge in [0.2, 0.25) is 0 Å². The fourth-order valence-electron chi connectivity index (χ4n) is 4.75. The molecule has 0 aliphatic heterocycles. The van der Waals surface area contributed by atoms with Crippen molar-refractivity contribution in [2.45, 2.75) is 116 Å². The molecule has 3 aromatic rings. The molecule has 3 rings (SSSR count). The van der Waals surface area contributed by atoms with E-state index in [1.165, 1.54) is 87.3 Å². The number of unbranched alkanes of at least 4 members (excludes halogenated alkanes) is 9. The lowest BCUT2D eigenvalue weighted by Crippen LogP contribution is -2.08. The molecule has 0 spiro atoms. The average molecular weight is 501 g/mol. The smallest absolute Gasteiger partial charge is 0.128 e. The molecule has 1 unspecified atom stereocenters.